The average molecular weight is 356 g/mol. The number of benzene rings is 1. The molecule has 1 aliphatic heterocycles. The standard InChI is InChI=1S/C19H21FN4O2/c1-12(13-3-7-15(20)8-4-13)22-17-21-10-9-16(23-17)24-18(25)26-11-19(24,2)14-5-6-14/h3-4,7-10,12,14H,5-6,11H2,1-2H3,(H,21,22,23)/t12-,19-/m0/s1. The number of ether oxygens (including phenoxy) is 1. The van der Waals surface area contributed by atoms with Crippen LogP contribution in [-0.2, 0) is 4.74 Å². The zero-order chi connectivity index (χ0) is 18.3. The number of nitrogens with zero attached hydrogens (tertiary/aromatic N) is 3. The molecule has 26 heavy (non-hydrogen) atoms. The second kappa shape index (κ2) is 6.23. The lowest BCUT2D eigenvalue weighted by atomic mass is 9.96. The second-order valence-corrected chi connectivity index (χ2v) is 7.18. The van der Waals surface area contributed by atoms with E-state index in [1.807, 2.05) is 13.8 Å². The van der Waals surface area contributed by atoms with Gasteiger partial charge in [0.2, 0.25) is 5.95 Å². The highest BCUT2D eigenvalue weighted by atomic mass is 19.1. The normalized spacial score (nSPS) is 23.7. The molecule has 1 saturated heterocycles. The van der Waals surface area contributed by atoms with Gasteiger partial charge in [0.25, 0.3) is 0 Å². The summed E-state index contributed by atoms with van der Waals surface area (Å²) in [5, 5.41) is 3.21. The molecule has 2 fully saturated rings. The van der Waals surface area contributed by atoms with Crippen molar-refractivity contribution in [3.8, 4) is 0 Å². The number of amides is 1. The number of carbonyl (C=O) groups excluding carboxylic acids is 1. The number of anilines is 2. The monoisotopic (exact) mass is 356 g/mol. The van der Waals surface area contributed by atoms with Crippen LogP contribution in [-0.4, -0.2) is 28.2 Å². The van der Waals surface area contributed by atoms with Gasteiger partial charge in [0, 0.05) is 6.20 Å². The maximum Gasteiger partial charge on any atom is 0.416 e. The molecule has 1 N–H and O–H groups in total. The van der Waals surface area contributed by atoms with Crippen LogP contribution < -0.4 is 10.2 Å². The first kappa shape index (κ1) is 16.8. The summed E-state index contributed by atoms with van der Waals surface area (Å²) < 4.78 is 18.4. The van der Waals surface area contributed by atoms with Crippen molar-refractivity contribution in [2.24, 2.45) is 5.92 Å². The molecule has 1 aromatic heterocycles. The third-order valence-electron chi connectivity index (χ3n) is 5.22. The Balaban J connectivity index is 1.56. The fourth-order valence-corrected chi connectivity index (χ4v) is 3.48. The van der Waals surface area contributed by atoms with E-state index in [2.05, 4.69) is 15.3 Å². The van der Waals surface area contributed by atoms with Crippen LogP contribution in [0.25, 0.3) is 0 Å². The third kappa shape index (κ3) is 2.98. The van der Waals surface area contributed by atoms with Crippen LogP contribution >= 0.6 is 0 Å². The Morgan fingerprint density at radius 3 is 2.73 bits per heavy atom. The lowest BCUT2D eigenvalue weighted by Gasteiger charge is -2.31. The van der Waals surface area contributed by atoms with Gasteiger partial charge in [-0.15, -0.1) is 0 Å². The summed E-state index contributed by atoms with van der Waals surface area (Å²) in [5.41, 5.74) is 0.564. The molecule has 0 radical (unpaired) electrons. The van der Waals surface area contributed by atoms with Crippen molar-refractivity contribution in [2.45, 2.75) is 38.3 Å². The highest BCUT2D eigenvalue weighted by molar-refractivity contribution is 5.90. The van der Waals surface area contributed by atoms with Gasteiger partial charge in [0.05, 0.1) is 11.6 Å². The Hall–Kier alpha value is -2.70. The number of hydrogen-bond donors (Lipinski definition) is 1. The second-order valence-electron chi connectivity index (χ2n) is 7.18. The van der Waals surface area contributed by atoms with Crippen LogP contribution in [0.3, 0.4) is 0 Å². The summed E-state index contributed by atoms with van der Waals surface area (Å²) in [6.07, 6.45) is 3.46. The predicted octanol–water partition coefficient (Wildman–Crippen LogP) is 3.91. The average Bonchev–Trinajstić information content (AvgIpc) is 3.43. The minimum absolute atomic E-state index is 0.105. The number of aromatic nitrogens is 2. The molecule has 4 rings (SSSR count). The lowest BCUT2D eigenvalue weighted by Crippen LogP contribution is -2.47. The van der Waals surface area contributed by atoms with E-state index in [0.717, 1.165) is 18.4 Å². The van der Waals surface area contributed by atoms with E-state index in [9.17, 15) is 9.18 Å². The van der Waals surface area contributed by atoms with E-state index in [0.29, 0.717) is 24.3 Å². The van der Waals surface area contributed by atoms with E-state index < -0.39 is 0 Å². The smallest absolute Gasteiger partial charge is 0.416 e. The van der Waals surface area contributed by atoms with Gasteiger partial charge >= 0.3 is 6.09 Å². The number of hydrogen-bond acceptors (Lipinski definition) is 5. The molecule has 0 spiro atoms. The Labute approximate surface area is 151 Å². The Morgan fingerprint density at radius 2 is 2.04 bits per heavy atom. The van der Waals surface area contributed by atoms with Crippen molar-refractivity contribution in [1.82, 2.24) is 9.97 Å². The van der Waals surface area contributed by atoms with Gasteiger partial charge in [-0.2, -0.15) is 4.98 Å². The number of cyclic esters (lactones) is 1. The van der Waals surface area contributed by atoms with Crippen LogP contribution in [0.2, 0.25) is 0 Å². The van der Waals surface area contributed by atoms with Crippen LogP contribution in [0.5, 0.6) is 0 Å². The minimum Gasteiger partial charge on any atom is -0.447 e. The highest BCUT2D eigenvalue weighted by Gasteiger charge is 2.54. The van der Waals surface area contributed by atoms with Crippen LogP contribution in [0, 0.1) is 11.7 Å². The fourth-order valence-electron chi connectivity index (χ4n) is 3.48. The SMILES string of the molecule is C[C@H](Nc1nccc(N2C(=O)OC[C@@]2(C)C2CC2)n1)c1ccc(F)cc1. The van der Waals surface area contributed by atoms with Crippen molar-refractivity contribution >= 4 is 17.9 Å². The number of carbonyl (C=O) groups is 1. The first-order valence-corrected chi connectivity index (χ1v) is 8.79. The topological polar surface area (TPSA) is 67.4 Å². The van der Waals surface area contributed by atoms with Crippen molar-refractivity contribution in [3.63, 3.8) is 0 Å². The number of rotatable bonds is 5. The maximum atomic E-state index is 13.1. The Kier molecular flexibility index (Phi) is 4.01. The molecule has 1 aliphatic carbocycles. The van der Waals surface area contributed by atoms with Gasteiger partial charge < -0.3 is 10.1 Å². The quantitative estimate of drug-likeness (QED) is 0.880. The summed E-state index contributed by atoms with van der Waals surface area (Å²) in [6, 6.07) is 7.91. The summed E-state index contributed by atoms with van der Waals surface area (Å²) in [7, 11) is 0. The van der Waals surface area contributed by atoms with E-state index >= 15 is 0 Å². The zero-order valence-electron chi connectivity index (χ0n) is 14.8. The summed E-state index contributed by atoms with van der Waals surface area (Å²) in [4.78, 5) is 22.7. The molecular weight excluding hydrogens is 335 g/mol. The van der Waals surface area contributed by atoms with E-state index in [-0.39, 0.29) is 23.5 Å². The Morgan fingerprint density at radius 1 is 1.31 bits per heavy atom. The van der Waals surface area contributed by atoms with Gasteiger partial charge in [-0.05, 0) is 56.4 Å². The lowest BCUT2D eigenvalue weighted by molar-refractivity contribution is 0.172. The molecule has 1 saturated carbocycles. The van der Waals surface area contributed by atoms with E-state index in [1.54, 1.807) is 29.3 Å². The maximum absolute atomic E-state index is 13.1. The van der Waals surface area contributed by atoms with Crippen molar-refractivity contribution in [1.29, 1.82) is 0 Å². The highest BCUT2D eigenvalue weighted by Crippen LogP contribution is 2.47. The molecule has 0 bridgehead atoms. The molecule has 6 nitrogen and oxygen atoms in total. The first-order valence-electron chi connectivity index (χ1n) is 8.79. The zero-order valence-corrected chi connectivity index (χ0v) is 14.8. The van der Waals surface area contributed by atoms with Gasteiger partial charge in [-0.3, -0.25) is 4.90 Å². The fraction of sp³-hybridized carbons (Fsp3) is 0.421. The number of halogens is 1. The summed E-state index contributed by atoms with van der Waals surface area (Å²) >= 11 is 0. The predicted molar refractivity (Wildman–Crippen MR) is 95.4 cm³/mol. The van der Waals surface area contributed by atoms with Crippen LogP contribution in [0.4, 0.5) is 21.0 Å². The van der Waals surface area contributed by atoms with Crippen molar-refractivity contribution < 1.29 is 13.9 Å². The molecule has 7 heteroatoms. The minimum atomic E-state index is -0.365. The molecule has 1 amide bonds. The van der Waals surface area contributed by atoms with Crippen LogP contribution in [0.15, 0.2) is 36.5 Å². The number of nitrogens with one attached hydrogen (secondary N) is 1. The molecule has 2 aromatic rings. The summed E-state index contributed by atoms with van der Waals surface area (Å²) in [6.45, 7) is 4.38. The van der Waals surface area contributed by atoms with Crippen LogP contribution in [0.1, 0.15) is 38.3 Å². The van der Waals surface area contributed by atoms with Gasteiger partial charge in [0.1, 0.15) is 18.2 Å². The van der Waals surface area contributed by atoms with E-state index in [4.69, 9.17) is 4.74 Å². The molecule has 1 aromatic carbocycles. The third-order valence-corrected chi connectivity index (χ3v) is 5.22. The molecule has 2 heterocycles. The van der Waals surface area contributed by atoms with Gasteiger partial charge in [-0.1, -0.05) is 12.1 Å². The largest absolute Gasteiger partial charge is 0.447 e. The van der Waals surface area contributed by atoms with Gasteiger partial charge in [-0.25, -0.2) is 14.2 Å². The van der Waals surface area contributed by atoms with Crippen molar-refractivity contribution in [3.05, 3.63) is 47.9 Å². The molecule has 0 unspecified atom stereocenters. The first-order chi connectivity index (χ1) is 12.5. The molecule has 2 atom stereocenters. The molecule has 136 valence electrons. The van der Waals surface area contributed by atoms with E-state index in [1.165, 1.54) is 12.1 Å². The molecular formula is C19H21FN4O2. The van der Waals surface area contributed by atoms with Gasteiger partial charge in [0.15, 0.2) is 0 Å². The Bertz CT molecular complexity index is 825. The summed E-state index contributed by atoms with van der Waals surface area (Å²) in [5.74, 6) is 1.12. The van der Waals surface area contributed by atoms with Crippen molar-refractivity contribution in [2.75, 3.05) is 16.8 Å². The molecule has 2 aliphatic rings.